The van der Waals surface area contributed by atoms with E-state index in [2.05, 4.69) is 4.74 Å². The lowest BCUT2D eigenvalue weighted by Gasteiger charge is -2.30. The Kier molecular flexibility index (Phi) is 6.42. The molecule has 0 saturated heterocycles. The van der Waals surface area contributed by atoms with Crippen LogP contribution >= 0.6 is 11.6 Å². The van der Waals surface area contributed by atoms with E-state index in [1.54, 1.807) is 30.3 Å². The lowest BCUT2D eigenvalue weighted by molar-refractivity contribution is -0.0496. The minimum Gasteiger partial charge on any atom is -0.485 e. The van der Waals surface area contributed by atoms with Crippen LogP contribution in [0.1, 0.15) is 36.5 Å². The van der Waals surface area contributed by atoms with Crippen molar-refractivity contribution in [3.8, 4) is 22.6 Å². The summed E-state index contributed by atoms with van der Waals surface area (Å²) >= 11 is 5.76. The van der Waals surface area contributed by atoms with Crippen molar-refractivity contribution in [2.45, 2.75) is 37.7 Å². The predicted molar refractivity (Wildman–Crippen MR) is 103 cm³/mol. The van der Waals surface area contributed by atoms with Crippen molar-refractivity contribution in [3.05, 3.63) is 47.5 Å². The van der Waals surface area contributed by atoms with Gasteiger partial charge in [-0.2, -0.15) is 8.78 Å². The van der Waals surface area contributed by atoms with Crippen LogP contribution < -0.4 is 14.6 Å². The maximum atomic E-state index is 12.8. The van der Waals surface area contributed by atoms with E-state index < -0.39 is 16.6 Å². The first kappa shape index (κ1) is 20.8. The SMILES string of the molecule is NS(=O)(=O)Cc1ccc2c(c1)C(CCCCCl)Oc1cccc(OC(F)F)c1-2. The molecule has 0 spiro atoms. The molecule has 1 heterocycles. The van der Waals surface area contributed by atoms with E-state index in [0.717, 1.165) is 12.8 Å². The van der Waals surface area contributed by atoms with Gasteiger partial charge in [-0.15, -0.1) is 11.6 Å². The normalized spacial score (nSPS) is 15.7. The fourth-order valence-corrected chi connectivity index (χ4v) is 4.19. The van der Waals surface area contributed by atoms with E-state index in [4.69, 9.17) is 21.5 Å². The van der Waals surface area contributed by atoms with Gasteiger partial charge in [-0.05, 0) is 42.5 Å². The fraction of sp³-hybridized carbons (Fsp3) is 0.368. The topological polar surface area (TPSA) is 78.6 Å². The van der Waals surface area contributed by atoms with Gasteiger partial charge in [0.25, 0.3) is 0 Å². The largest absolute Gasteiger partial charge is 0.485 e. The number of nitrogens with two attached hydrogens (primary N) is 1. The molecule has 0 fully saturated rings. The van der Waals surface area contributed by atoms with Crippen molar-refractivity contribution in [2.75, 3.05) is 5.88 Å². The summed E-state index contributed by atoms with van der Waals surface area (Å²) in [6, 6.07) is 9.75. The van der Waals surface area contributed by atoms with Gasteiger partial charge in [-0.3, -0.25) is 0 Å². The highest BCUT2D eigenvalue weighted by molar-refractivity contribution is 7.88. The number of fused-ring (bicyclic) bond motifs is 3. The smallest absolute Gasteiger partial charge is 0.387 e. The number of hydrogen-bond donors (Lipinski definition) is 1. The Morgan fingerprint density at radius 1 is 1.21 bits per heavy atom. The quantitative estimate of drug-likeness (QED) is 0.490. The summed E-state index contributed by atoms with van der Waals surface area (Å²) in [5.41, 5.74) is 2.32. The van der Waals surface area contributed by atoms with Crippen LogP contribution in [0.3, 0.4) is 0 Å². The number of halogens is 3. The Bertz CT molecular complexity index is 953. The second kappa shape index (κ2) is 8.63. The summed E-state index contributed by atoms with van der Waals surface area (Å²) in [5, 5.41) is 5.15. The van der Waals surface area contributed by atoms with Crippen molar-refractivity contribution < 1.29 is 26.7 Å². The molecule has 0 bridgehead atoms. The first-order chi connectivity index (χ1) is 13.3. The van der Waals surface area contributed by atoms with Gasteiger partial charge in [0.15, 0.2) is 0 Å². The van der Waals surface area contributed by atoms with E-state index in [-0.39, 0.29) is 17.6 Å². The number of sulfonamides is 1. The number of alkyl halides is 3. The Labute approximate surface area is 167 Å². The molecule has 2 aromatic carbocycles. The zero-order chi connectivity index (χ0) is 20.3. The third kappa shape index (κ3) is 4.92. The van der Waals surface area contributed by atoms with E-state index in [0.29, 0.717) is 40.3 Å². The molecule has 1 atom stereocenters. The minimum absolute atomic E-state index is 0.00662. The molecular weight excluding hydrogens is 412 g/mol. The zero-order valence-corrected chi connectivity index (χ0v) is 16.5. The molecule has 9 heteroatoms. The van der Waals surface area contributed by atoms with Crippen LogP contribution in [0.2, 0.25) is 0 Å². The van der Waals surface area contributed by atoms with E-state index in [1.165, 1.54) is 6.07 Å². The van der Waals surface area contributed by atoms with Crippen molar-refractivity contribution in [3.63, 3.8) is 0 Å². The van der Waals surface area contributed by atoms with Gasteiger partial charge in [-0.1, -0.05) is 24.3 Å². The lowest BCUT2D eigenvalue weighted by atomic mass is 9.89. The fourth-order valence-electron chi connectivity index (χ4n) is 3.35. The maximum absolute atomic E-state index is 12.8. The molecule has 1 aliphatic heterocycles. The Balaban J connectivity index is 2.07. The summed E-state index contributed by atoms with van der Waals surface area (Å²) in [5.74, 6) is 0.651. The summed E-state index contributed by atoms with van der Waals surface area (Å²) in [4.78, 5) is 0. The third-order valence-corrected chi connectivity index (χ3v) is 5.43. The molecule has 0 saturated carbocycles. The summed E-state index contributed by atoms with van der Waals surface area (Å²) in [6.07, 6.45) is 1.90. The van der Waals surface area contributed by atoms with Gasteiger partial charge in [0.2, 0.25) is 10.0 Å². The molecule has 1 unspecified atom stereocenters. The van der Waals surface area contributed by atoms with Crippen LogP contribution in [0.15, 0.2) is 36.4 Å². The number of benzene rings is 2. The molecule has 0 radical (unpaired) electrons. The monoisotopic (exact) mass is 431 g/mol. The summed E-state index contributed by atoms with van der Waals surface area (Å²) in [6.45, 7) is -2.97. The van der Waals surface area contributed by atoms with Crippen LogP contribution in [0.5, 0.6) is 11.5 Å². The molecule has 0 aliphatic carbocycles. The maximum Gasteiger partial charge on any atom is 0.387 e. The molecule has 152 valence electrons. The second-order valence-electron chi connectivity index (χ2n) is 6.53. The standard InChI is InChI=1S/C19H20ClF2NO4S/c20-9-2-1-4-15-14-10-12(11-28(23,24)25)7-8-13(14)18-16(26-15)5-3-6-17(18)27-19(21)22/h3,5-8,10,15,19H,1-2,4,9,11H2,(H2,23,24,25). The van der Waals surface area contributed by atoms with Gasteiger partial charge in [0.1, 0.15) is 17.6 Å². The van der Waals surface area contributed by atoms with Crippen LogP contribution in [0.25, 0.3) is 11.1 Å². The van der Waals surface area contributed by atoms with Crippen molar-refractivity contribution in [2.24, 2.45) is 5.14 Å². The molecule has 3 rings (SSSR count). The summed E-state index contributed by atoms with van der Waals surface area (Å²) < 4.78 is 59.3. The van der Waals surface area contributed by atoms with Crippen LogP contribution in [-0.2, 0) is 15.8 Å². The molecule has 1 aliphatic rings. The molecule has 2 aromatic rings. The Morgan fingerprint density at radius 2 is 2.00 bits per heavy atom. The van der Waals surface area contributed by atoms with Crippen molar-refractivity contribution in [1.29, 1.82) is 0 Å². The molecule has 0 aromatic heterocycles. The average Bonchev–Trinajstić information content (AvgIpc) is 2.60. The van der Waals surface area contributed by atoms with Crippen LogP contribution in [0.4, 0.5) is 8.78 Å². The number of ether oxygens (including phenoxy) is 2. The van der Waals surface area contributed by atoms with Gasteiger partial charge >= 0.3 is 6.61 Å². The Morgan fingerprint density at radius 3 is 2.68 bits per heavy atom. The first-order valence-corrected chi connectivity index (χ1v) is 11.0. The van der Waals surface area contributed by atoms with Crippen LogP contribution in [0, 0.1) is 0 Å². The van der Waals surface area contributed by atoms with Crippen molar-refractivity contribution >= 4 is 21.6 Å². The lowest BCUT2D eigenvalue weighted by Crippen LogP contribution is -2.18. The Hall–Kier alpha value is -1.90. The average molecular weight is 432 g/mol. The second-order valence-corrected chi connectivity index (χ2v) is 8.52. The van der Waals surface area contributed by atoms with Gasteiger partial charge in [0.05, 0.1) is 11.3 Å². The molecule has 5 nitrogen and oxygen atoms in total. The number of hydrogen-bond acceptors (Lipinski definition) is 4. The number of rotatable bonds is 8. The first-order valence-electron chi connectivity index (χ1n) is 8.72. The highest BCUT2D eigenvalue weighted by atomic mass is 35.5. The molecule has 2 N–H and O–H groups in total. The highest BCUT2D eigenvalue weighted by Gasteiger charge is 2.29. The number of primary sulfonamides is 1. The minimum atomic E-state index is -3.71. The summed E-state index contributed by atoms with van der Waals surface area (Å²) in [7, 11) is -3.71. The van der Waals surface area contributed by atoms with E-state index in [1.807, 2.05) is 0 Å². The highest BCUT2D eigenvalue weighted by Crippen LogP contribution is 2.48. The molecular formula is C19H20ClF2NO4S. The molecule has 0 amide bonds. The van der Waals surface area contributed by atoms with E-state index in [9.17, 15) is 17.2 Å². The van der Waals surface area contributed by atoms with Gasteiger partial charge in [0, 0.05) is 11.4 Å². The molecule has 28 heavy (non-hydrogen) atoms. The third-order valence-electron chi connectivity index (χ3n) is 4.42. The predicted octanol–water partition coefficient (Wildman–Crippen LogP) is 4.59. The van der Waals surface area contributed by atoms with Gasteiger partial charge in [-0.25, -0.2) is 13.6 Å². The number of unbranched alkanes of at least 4 members (excludes halogenated alkanes) is 1. The van der Waals surface area contributed by atoms with Gasteiger partial charge < -0.3 is 9.47 Å². The van der Waals surface area contributed by atoms with Crippen molar-refractivity contribution in [1.82, 2.24) is 0 Å². The zero-order valence-electron chi connectivity index (χ0n) is 14.9. The van der Waals surface area contributed by atoms with E-state index >= 15 is 0 Å². The van der Waals surface area contributed by atoms with Crippen LogP contribution in [-0.4, -0.2) is 20.9 Å².